The van der Waals surface area contributed by atoms with Crippen molar-refractivity contribution in [1.82, 2.24) is 16.0 Å². The Hall–Kier alpha value is -1.88. The average molecular weight is 291 g/mol. The van der Waals surface area contributed by atoms with Gasteiger partial charge in [-0.15, -0.1) is 0 Å². The summed E-state index contributed by atoms with van der Waals surface area (Å²) in [5.74, 6) is -0.348. The molecule has 0 fully saturated rings. The van der Waals surface area contributed by atoms with Crippen LogP contribution in [0.1, 0.15) is 46.2 Å². The molecular weight excluding hydrogens is 266 g/mol. The summed E-state index contributed by atoms with van der Waals surface area (Å²) < 4.78 is 0. The second-order valence-corrected chi connectivity index (χ2v) is 6.21. The summed E-state index contributed by atoms with van der Waals surface area (Å²) >= 11 is 0. The van der Waals surface area contributed by atoms with E-state index in [1.807, 2.05) is 58.0 Å². The lowest BCUT2D eigenvalue weighted by Crippen LogP contribution is -2.52. The third-order valence-corrected chi connectivity index (χ3v) is 2.92. The van der Waals surface area contributed by atoms with E-state index in [1.54, 1.807) is 6.92 Å². The monoisotopic (exact) mass is 291 g/mol. The highest BCUT2D eigenvalue weighted by Gasteiger charge is 2.20. The summed E-state index contributed by atoms with van der Waals surface area (Å²) in [6.45, 7) is 9.29. The number of nitrogens with one attached hydrogen (secondary N) is 3. The Morgan fingerprint density at radius 3 is 2.14 bits per heavy atom. The molecule has 0 bridgehead atoms. The first-order valence-corrected chi connectivity index (χ1v) is 7.13. The molecule has 0 aliphatic rings. The Kier molecular flexibility index (Phi) is 5.90. The van der Waals surface area contributed by atoms with Gasteiger partial charge in [0.15, 0.2) is 0 Å². The van der Waals surface area contributed by atoms with Crippen LogP contribution in [0.2, 0.25) is 0 Å². The van der Waals surface area contributed by atoms with E-state index < -0.39 is 12.1 Å². The zero-order valence-corrected chi connectivity index (χ0v) is 13.4. The molecule has 1 rings (SSSR count). The molecule has 0 radical (unpaired) electrons. The van der Waals surface area contributed by atoms with Crippen molar-refractivity contribution in [1.29, 1.82) is 0 Å². The zero-order valence-electron chi connectivity index (χ0n) is 13.4. The van der Waals surface area contributed by atoms with Crippen molar-refractivity contribution in [3.63, 3.8) is 0 Å². The highest BCUT2D eigenvalue weighted by Crippen LogP contribution is 2.11. The van der Waals surface area contributed by atoms with E-state index in [0.29, 0.717) is 0 Å². The number of urea groups is 1. The van der Waals surface area contributed by atoms with E-state index in [4.69, 9.17) is 0 Å². The molecule has 3 N–H and O–H groups in total. The van der Waals surface area contributed by atoms with Gasteiger partial charge in [0, 0.05) is 11.6 Å². The van der Waals surface area contributed by atoms with E-state index in [1.165, 1.54) is 0 Å². The highest BCUT2D eigenvalue weighted by molar-refractivity contribution is 5.97. The molecular formula is C16H25N3O2. The Morgan fingerprint density at radius 2 is 1.62 bits per heavy atom. The third-order valence-electron chi connectivity index (χ3n) is 2.92. The van der Waals surface area contributed by atoms with E-state index in [9.17, 15) is 9.59 Å². The number of hydrogen-bond donors (Lipinski definition) is 3. The summed E-state index contributed by atoms with van der Waals surface area (Å²) in [5.41, 5.74) is 0.717. The summed E-state index contributed by atoms with van der Waals surface area (Å²) in [4.78, 5) is 23.6. The van der Waals surface area contributed by atoms with Crippen molar-refractivity contribution in [3.05, 3.63) is 35.9 Å². The maximum atomic E-state index is 12.0. The molecule has 0 heterocycles. The lowest BCUT2D eigenvalue weighted by molar-refractivity contribution is -0.121. The fourth-order valence-corrected chi connectivity index (χ4v) is 1.88. The molecule has 5 heteroatoms. The predicted molar refractivity (Wildman–Crippen MR) is 83.9 cm³/mol. The first-order valence-electron chi connectivity index (χ1n) is 7.13. The number of carbonyl (C=O) groups is 2. The molecule has 116 valence electrons. The SMILES string of the molecule is C[C@@H](N[C@H](C)c1ccccc1)C(=O)NC(=O)NC(C)(C)C. The van der Waals surface area contributed by atoms with E-state index in [-0.39, 0.29) is 17.5 Å². The normalized spacial score (nSPS) is 14.1. The van der Waals surface area contributed by atoms with Gasteiger partial charge >= 0.3 is 6.03 Å². The van der Waals surface area contributed by atoms with Crippen LogP contribution in [-0.2, 0) is 4.79 Å². The molecule has 0 aliphatic heterocycles. The maximum absolute atomic E-state index is 12.0. The maximum Gasteiger partial charge on any atom is 0.321 e. The van der Waals surface area contributed by atoms with Gasteiger partial charge in [-0.1, -0.05) is 30.3 Å². The van der Waals surface area contributed by atoms with Gasteiger partial charge in [-0.3, -0.25) is 15.4 Å². The van der Waals surface area contributed by atoms with Gasteiger partial charge in [0.1, 0.15) is 0 Å². The Labute approximate surface area is 126 Å². The molecule has 5 nitrogen and oxygen atoms in total. The molecule has 21 heavy (non-hydrogen) atoms. The smallest absolute Gasteiger partial charge is 0.321 e. The molecule has 3 amide bonds. The van der Waals surface area contributed by atoms with Crippen molar-refractivity contribution >= 4 is 11.9 Å². The topological polar surface area (TPSA) is 70.2 Å². The lowest BCUT2D eigenvalue weighted by Gasteiger charge is -2.23. The van der Waals surface area contributed by atoms with Gasteiger partial charge < -0.3 is 5.32 Å². The minimum absolute atomic E-state index is 0.0256. The number of carbonyl (C=O) groups excluding carboxylic acids is 2. The Balaban J connectivity index is 2.50. The van der Waals surface area contributed by atoms with E-state index in [2.05, 4.69) is 16.0 Å². The van der Waals surface area contributed by atoms with Crippen molar-refractivity contribution in [2.24, 2.45) is 0 Å². The van der Waals surface area contributed by atoms with Gasteiger partial charge in [-0.25, -0.2) is 4.79 Å². The first-order chi connectivity index (χ1) is 9.69. The molecule has 1 aromatic carbocycles. The van der Waals surface area contributed by atoms with Crippen LogP contribution in [0.3, 0.4) is 0 Å². The fourth-order valence-electron chi connectivity index (χ4n) is 1.88. The van der Waals surface area contributed by atoms with Crippen LogP contribution < -0.4 is 16.0 Å². The van der Waals surface area contributed by atoms with Crippen molar-refractivity contribution in [2.45, 2.75) is 52.2 Å². The Bertz CT molecular complexity index is 480. The van der Waals surface area contributed by atoms with Crippen LogP contribution in [0.4, 0.5) is 4.79 Å². The number of rotatable bonds is 4. The van der Waals surface area contributed by atoms with Crippen LogP contribution in [0.25, 0.3) is 0 Å². The number of hydrogen-bond acceptors (Lipinski definition) is 3. The predicted octanol–water partition coefficient (Wildman–Crippen LogP) is 2.35. The van der Waals surface area contributed by atoms with Crippen molar-refractivity contribution in [2.75, 3.05) is 0 Å². The summed E-state index contributed by atoms with van der Waals surface area (Å²) in [7, 11) is 0. The second-order valence-electron chi connectivity index (χ2n) is 6.21. The molecule has 0 aromatic heterocycles. The van der Waals surface area contributed by atoms with Gasteiger partial charge in [-0.2, -0.15) is 0 Å². The van der Waals surface area contributed by atoms with Gasteiger partial charge in [0.25, 0.3) is 0 Å². The standard InChI is InChI=1S/C16H25N3O2/c1-11(13-9-7-6-8-10-13)17-12(2)14(20)18-15(21)19-16(3,4)5/h6-12,17H,1-5H3,(H2,18,19,20,21)/t11-,12-/m1/s1. The minimum Gasteiger partial charge on any atom is -0.333 e. The molecule has 1 aromatic rings. The summed E-state index contributed by atoms with van der Waals surface area (Å²) in [6.07, 6.45) is 0. The molecule has 0 aliphatic carbocycles. The molecule has 0 unspecified atom stereocenters. The van der Waals surface area contributed by atoms with Crippen LogP contribution >= 0.6 is 0 Å². The largest absolute Gasteiger partial charge is 0.333 e. The van der Waals surface area contributed by atoms with Crippen LogP contribution in [0, 0.1) is 0 Å². The number of benzene rings is 1. The van der Waals surface area contributed by atoms with Gasteiger partial charge in [0.2, 0.25) is 5.91 Å². The first kappa shape index (κ1) is 17.2. The van der Waals surface area contributed by atoms with Crippen LogP contribution in [0.5, 0.6) is 0 Å². The molecule has 2 atom stereocenters. The number of amides is 3. The third kappa shape index (κ3) is 6.40. The van der Waals surface area contributed by atoms with Crippen LogP contribution in [-0.4, -0.2) is 23.5 Å². The summed E-state index contributed by atoms with van der Waals surface area (Å²) in [6, 6.07) is 8.92. The lowest BCUT2D eigenvalue weighted by atomic mass is 10.1. The van der Waals surface area contributed by atoms with Gasteiger partial charge in [0.05, 0.1) is 6.04 Å². The quantitative estimate of drug-likeness (QED) is 0.797. The Morgan fingerprint density at radius 1 is 1.05 bits per heavy atom. The van der Waals surface area contributed by atoms with Crippen molar-refractivity contribution < 1.29 is 9.59 Å². The zero-order chi connectivity index (χ0) is 16.0. The van der Waals surface area contributed by atoms with Crippen molar-refractivity contribution in [3.8, 4) is 0 Å². The van der Waals surface area contributed by atoms with E-state index in [0.717, 1.165) is 5.56 Å². The van der Waals surface area contributed by atoms with Crippen LogP contribution in [0.15, 0.2) is 30.3 Å². The minimum atomic E-state index is -0.478. The summed E-state index contributed by atoms with van der Waals surface area (Å²) in [5, 5.41) is 8.20. The van der Waals surface area contributed by atoms with Gasteiger partial charge in [-0.05, 0) is 40.2 Å². The van der Waals surface area contributed by atoms with E-state index >= 15 is 0 Å². The number of imide groups is 1. The second kappa shape index (κ2) is 7.22. The molecule has 0 saturated carbocycles. The average Bonchev–Trinajstić information content (AvgIpc) is 2.37. The fraction of sp³-hybridized carbons (Fsp3) is 0.500. The highest BCUT2D eigenvalue weighted by atomic mass is 16.2. The molecule has 0 spiro atoms. The molecule has 0 saturated heterocycles.